The predicted octanol–water partition coefficient (Wildman–Crippen LogP) is 5.84. The van der Waals surface area contributed by atoms with Crippen LogP contribution >= 0.6 is 0 Å². The van der Waals surface area contributed by atoms with E-state index in [2.05, 4.69) is 0 Å². The minimum absolute atomic E-state index is 0.290. The number of imide groups is 1. The summed E-state index contributed by atoms with van der Waals surface area (Å²) in [6.45, 7) is 1.96. The Hall–Kier alpha value is -4.97. The van der Waals surface area contributed by atoms with E-state index < -0.39 is 36.0 Å². The number of anilines is 1. The molecule has 7 rings (SSSR count). The van der Waals surface area contributed by atoms with E-state index in [1.165, 1.54) is 4.90 Å². The monoisotopic (exact) mass is 540 g/mol. The summed E-state index contributed by atoms with van der Waals surface area (Å²) in [6, 6.07) is 32.9. The lowest BCUT2D eigenvalue weighted by Gasteiger charge is -2.35. The summed E-state index contributed by atoms with van der Waals surface area (Å²) in [5.41, 5.74) is 5.10. The molecule has 3 aliphatic heterocycles. The zero-order valence-electron chi connectivity index (χ0n) is 22.5. The number of hydrogen-bond donors (Lipinski definition) is 0. The number of aryl methyl sites for hydroxylation is 1. The molecule has 0 bridgehead atoms. The maximum Gasteiger partial charge on any atom is 0.330 e. The van der Waals surface area contributed by atoms with Gasteiger partial charge in [-0.25, -0.2) is 9.69 Å². The molecule has 6 nitrogen and oxygen atoms in total. The Bertz CT molecular complexity index is 1630. The number of carbonyl (C=O) groups is 3. The van der Waals surface area contributed by atoms with Crippen molar-refractivity contribution >= 4 is 29.5 Å². The highest BCUT2D eigenvalue weighted by atomic mass is 16.5. The van der Waals surface area contributed by atoms with Crippen LogP contribution in [0.25, 0.3) is 6.08 Å². The van der Waals surface area contributed by atoms with Crippen LogP contribution in [0.2, 0.25) is 0 Å². The number of benzene rings is 4. The highest BCUT2D eigenvalue weighted by molar-refractivity contribution is 6.23. The van der Waals surface area contributed by atoms with Crippen molar-refractivity contribution in [1.29, 1.82) is 0 Å². The molecule has 3 heterocycles. The molecular formula is C35H28N2O4. The number of amides is 2. The van der Waals surface area contributed by atoms with Gasteiger partial charge in [-0.2, -0.15) is 0 Å². The Kier molecular flexibility index (Phi) is 6.04. The van der Waals surface area contributed by atoms with Gasteiger partial charge in [-0.3, -0.25) is 9.59 Å². The molecule has 202 valence electrons. The van der Waals surface area contributed by atoms with Crippen LogP contribution in [0.5, 0.6) is 0 Å². The van der Waals surface area contributed by atoms with Gasteiger partial charge in [-0.15, -0.1) is 0 Å². The molecule has 0 saturated carbocycles. The van der Waals surface area contributed by atoms with E-state index in [-0.39, 0.29) is 11.8 Å². The Morgan fingerprint density at radius 2 is 1.32 bits per heavy atom. The average Bonchev–Trinajstić information content (AvgIpc) is 3.49. The van der Waals surface area contributed by atoms with Crippen LogP contribution in [-0.2, 0) is 19.1 Å². The lowest BCUT2D eigenvalue weighted by molar-refractivity contribution is -0.155. The molecule has 4 aromatic rings. The maximum absolute atomic E-state index is 14.3. The molecular weight excluding hydrogens is 512 g/mol. The molecule has 0 aliphatic carbocycles. The first-order valence-electron chi connectivity index (χ1n) is 13.8. The van der Waals surface area contributed by atoms with Crippen LogP contribution in [0.3, 0.4) is 0 Å². The van der Waals surface area contributed by atoms with Crippen LogP contribution in [-0.4, -0.2) is 28.7 Å². The quantitative estimate of drug-likeness (QED) is 0.235. The van der Waals surface area contributed by atoms with E-state index in [0.29, 0.717) is 5.69 Å². The van der Waals surface area contributed by atoms with Crippen molar-refractivity contribution in [3.05, 3.63) is 143 Å². The fourth-order valence-electron chi connectivity index (χ4n) is 6.55. The number of esters is 1. The number of hydrogen-bond acceptors (Lipinski definition) is 5. The maximum atomic E-state index is 14.3. The van der Waals surface area contributed by atoms with E-state index in [1.807, 2.05) is 121 Å². The minimum atomic E-state index is -0.962. The van der Waals surface area contributed by atoms with E-state index in [9.17, 15) is 14.4 Å². The van der Waals surface area contributed by atoms with Crippen molar-refractivity contribution in [2.75, 3.05) is 4.90 Å². The van der Waals surface area contributed by atoms with Gasteiger partial charge in [-0.05, 0) is 47.4 Å². The summed E-state index contributed by atoms with van der Waals surface area (Å²) in [5, 5.41) is 0. The smallest absolute Gasteiger partial charge is 0.330 e. The van der Waals surface area contributed by atoms with E-state index in [0.717, 1.165) is 27.8 Å². The molecule has 0 radical (unpaired) electrons. The topological polar surface area (TPSA) is 66.9 Å². The number of rotatable bonds is 5. The normalized spacial score (nSPS) is 22.5. The van der Waals surface area contributed by atoms with Gasteiger partial charge >= 0.3 is 5.97 Å². The molecule has 4 aromatic carbocycles. The number of carbonyl (C=O) groups excluding carboxylic acids is 3. The Balaban J connectivity index is 1.31. The third kappa shape index (κ3) is 4.06. The van der Waals surface area contributed by atoms with E-state index >= 15 is 0 Å². The van der Waals surface area contributed by atoms with Gasteiger partial charge in [0.2, 0.25) is 11.8 Å². The number of fused-ring (bicyclic) bond motifs is 5. The van der Waals surface area contributed by atoms with Crippen LogP contribution < -0.4 is 4.90 Å². The summed E-state index contributed by atoms with van der Waals surface area (Å²) in [6.07, 6.45) is 3.11. The van der Waals surface area contributed by atoms with Gasteiger partial charge in [-0.1, -0.05) is 103 Å². The molecule has 41 heavy (non-hydrogen) atoms. The van der Waals surface area contributed by atoms with Gasteiger partial charge < -0.3 is 9.64 Å². The third-order valence-electron chi connectivity index (χ3n) is 8.43. The first kappa shape index (κ1) is 25.0. The van der Waals surface area contributed by atoms with Gasteiger partial charge in [0.15, 0.2) is 6.10 Å². The molecule has 0 aromatic heterocycles. The summed E-state index contributed by atoms with van der Waals surface area (Å²) >= 11 is 0. The lowest BCUT2D eigenvalue weighted by Crippen LogP contribution is -2.45. The van der Waals surface area contributed by atoms with Crippen LogP contribution in [0.15, 0.2) is 115 Å². The molecule has 2 saturated heterocycles. The highest BCUT2D eigenvalue weighted by Gasteiger charge is 2.65. The van der Waals surface area contributed by atoms with E-state index in [1.54, 1.807) is 12.1 Å². The predicted molar refractivity (Wildman–Crippen MR) is 155 cm³/mol. The average molecular weight is 541 g/mol. The zero-order chi connectivity index (χ0) is 28.1. The molecule has 2 amide bonds. The van der Waals surface area contributed by atoms with Crippen LogP contribution in [0.1, 0.15) is 40.0 Å². The SMILES string of the molecule is Cc1ccc(N2C(=O)[C@@H]3[C@H](C2=O)[C@@H]2c4ccccc4C=CN2[C@@H]3C(=O)OC(c2ccccc2)c2ccccc2)cc1. The van der Waals surface area contributed by atoms with Crippen molar-refractivity contribution in [1.82, 2.24) is 4.90 Å². The molecule has 3 aliphatic rings. The highest BCUT2D eigenvalue weighted by Crippen LogP contribution is 2.53. The summed E-state index contributed by atoms with van der Waals surface area (Å²) in [7, 11) is 0. The first-order chi connectivity index (χ1) is 20.0. The largest absolute Gasteiger partial charge is 0.451 e. The second-order valence-electron chi connectivity index (χ2n) is 10.8. The Morgan fingerprint density at radius 1 is 0.732 bits per heavy atom. The molecule has 0 unspecified atom stereocenters. The Morgan fingerprint density at radius 3 is 1.98 bits per heavy atom. The summed E-state index contributed by atoms with van der Waals surface area (Å²) < 4.78 is 6.30. The molecule has 0 spiro atoms. The van der Waals surface area contributed by atoms with Crippen molar-refractivity contribution < 1.29 is 19.1 Å². The standard InChI is InChI=1S/C35H28N2O4/c1-22-16-18-26(19-17-22)37-33(38)28-29(34(37)39)31(36-21-20-23-10-8-9-15-27(23)30(28)36)35(40)41-32(24-11-4-2-5-12-24)25-13-6-3-7-14-25/h2-21,28-32H,1H3/t28-,29+,30-,31-/m0/s1. The van der Waals surface area contributed by atoms with Crippen molar-refractivity contribution in [2.45, 2.75) is 25.1 Å². The zero-order valence-corrected chi connectivity index (χ0v) is 22.5. The second kappa shape index (κ2) is 9.89. The molecule has 6 heteroatoms. The first-order valence-corrected chi connectivity index (χ1v) is 13.8. The van der Waals surface area contributed by atoms with Crippen molar-refractivity contribution in [2.24, 2.45) is 11.8 Å². The third-order valence-corrected chi connectivity index (χ3v) is 8.43. The fourth-order valence-corrected chi connectivity index (χ4v) is 6.55. The van der Waals surface area contributed by atoms with Crippen LogP contribution in [0.4, 0.5) is 5.69 Å². The molecule has 0 N–H and O–H groups in total. The summed E-state index contributed by atoms with van der Waals surface area (Å²) in [4.78, 5) is 45.6. The second-order valence-corrected chi connectivity index (χ2v) is 10.8. The number of ether oxygens (including phenoxy) is 1. The van der Waals surface area contributed by atoms with Gasteiger partial charge in [0, 0.05) is 6.20 Å². The summed E-state index contributed by atoms with van der Waals surface area (Å²) in [5.74, 6) is -2.80. The molecule has 2 fully saturated rings. The molecule has 4 atom stereocenters. The fraction of sp³-hybridized carbons (Fsp3) is 0.171. The van der Waals surface area contributed by atoms with E-state index in [4.69, 9.17) is 4.74 Å². The minimum Gasteiger partial charge on any atom is -0.451 e. The van der Waals surface area contributed by atoms with Gasteiger partial charge in [0.25, 0.3) is 0 Å². The Labute approximate surface area is 238 Å². The lowest BCUT2D eigenvalue weighted by atomic mass is 9.84. The number of nitrogens with zero attached hydrogens (tertiary/aromatic N) is 2. The van der Waals surface area contributed by atoms with Crippen LogP contribution in [0, 0.1) is 18.8 Å². The van der Waals surface area contributed by atoms with Crippen molar-refractivity contribution in [3.8, 4) is 0 Å². The van der Waals surface area contributed by atoms with Gasteiger partial charge in [0.05, 0.1) is 23.6 Å². The van der Waals surface area contributed by atoms with Crippen molar-refractivity contribution in [3.63, 3.8) is 0 Å². The van der Waals surface area contributed by atoms with Gasteiger partial charge in [0.1, 0.15) is 6.04 Å².